The third kappa shape index (κ3) is 4.35. The molecule has 0 unspecified atom stereocenters. The van der Waals surface area contributed by atoms with Crippen LogP contribution in [0.15, 0.2) is 5.29 Å². The molecule has 1 saturated heterocycles. The maximum Gasteiger partial charge on any atom is 0.302 e. The molecular formula is C9H16N4O4. The fourth-order valence-electron chi connectivity index (χ4n) is 1.75. The molecule has 1 aliphatic rings. The highest BCUT2D eigenvalue weighted by Crippen LogP contribution is 2.15. The van der Waals surface area contributed by atoms with Gasteiger partial charge in [0.25, 0.3) is 0 Å². The Hall–Kier alpha value is -1.70. The minimum Gasteiger partial charge on any atom is -0.462 e. The fourth-order valence-corrected chi connectivity index (χ4v) is 1.75. The number of hydrogen-bond donors (Lipinski definition) is 1. The summed E-state index contributed by atoms with van der Waals surface area (Å²) in [4.78, 5) is 32.0. The normalized spacial score (nSPS) is 17.5. The lowest BCUT2D eigenvalue weighted by Crippen LogP contribution is -2.48. The number of piperidine rings is 1. The number of esters is 1. The summed E-state index contributed by atoms with van der Waals surface area (Å²) in [5.41, 5.74) is 4.99. The van der Waals surface area contributed by atoms with Gasteiger partial charge in [0.15, 0.2) is 0 Å². The third-order valence-electron chi connectivity index (χ3n) is 2.47. The molecule has 17 heavy (non-hydrogen) atoms. The van der Waals surface area contributed by atoms with Crippen molar-refractivity contribution >= 4 is 11.9 Å². The van der Waals surface area contributed by atoms with Gasteiger partial charge in [-0.15, -0.1) is 4.91 Å². The van der Waals surface area contributed by atoms with E-state index in [0.717, 1.165) is 5.12 Å². The van der Waals surface area contributed by atoms with Crippen molar-refractivity contribution < 1.29 is 14.3 Å². The quantitative estimate of drug-likeness (QED) is 0.393. The molecule has 8 nitrogen and oxygen atoms in total. The summed E-state index contributed by atoms with van der Waals surface area (Å²) in [5.74, 6) is -0.933. The van der Waals surface area contributed by atoms with E-state index in [0.29, 0.717) is 25.9 Å². The van der Waals surface area contributed by atoms with E-state index in [4.69, 9.17) is 10.5 Å². The SMILES string of the molecule is CC(=O)OC1CCN(N(CC(N)=O)N=O)CC1. The summed E-state index contributed by atoms with van der Waals surface area (Å²) in [5, 5.41) is 5.37. The Bertz CT molecular complexity index is 301. The third-order valence-corrected chi connectivity index (χ3v) is 2.47. The van der Waals surface area contributed by atoms with Crippen LogP contribution in [0.4, 0.5) is 0 Å². The van der Waals surface area contributed by atoms with Gasteiger partial charge >= 0.3 is 5.97 Å². The van der Waals surface area contributed by atoms with E-state index in [2.05, 4.69) is 5.29 Å². The monoisotopic (exact) mass is 244 g/mol. The molecule has 0 aromatic carbocycles. The number of nitrogens with zero attached hydrogens (tertiary/aromatic N) is 3. The minimum absolute atomic E-state index is 0.133. The molecule has 0 radical (unpaired) electrons. The van der Waals surface area contributed by atoms with Crippen LogP contribution < -0.4 is 5.73 Å². The Labute approximate surface area is 98.6 Å². The van der Waals surface area contributed by atoms with Gasteiger partial charge in [-0.2, -0.15) is 5.12 Å². The molecule has 96 valence electrons. The van der Waals surface area contributed by atoms with Crippen molar-refractivity contribution in [1.82, 2.24) is 10.1 Å². The number of rotatable bonds is 5. The summed E-state index contributed by atoms with van der Waals surface area (Å²) in [7, 11) is 0. The highest BCUT2D eigenvalue weighted by molar-refractivity contribution is 5.75. The minimum atomic E-state index is -0.619. The van der Waals surface area contributed by atoms with Crippen molar-refractivity contribution in [2.75, 3.05) is 19.6 Å². The molecule has 0 atom stereocenters. The Morgan fingerprint density at radius 2 is 2.06 bits per heavy atom. The summed E-state index contributed by atoms with van der Waals surface area (Å²) in [6.07, 6.45) is 1.07. The highest BCUT2D eigenvalue weighted by atomic mass is 16.5. The average molecular weight is 244 g/mol. The van der Waals surface area contributed by atoms with Crippen molar-refractivity contribution in [1.29, 1.82) is 0 Å². The summed E-state index contributed by atoms with van der Waals surface area (Å²) >= 11 is 0. The zero-order valence-electron chi connectivity index (χ0n) is 9.66. The number of carbonyl (C=O) groups excluding carboxylic acids is 2. The first kappa shape index (κ1) is 13.4. The molecule has 0 spiro atoms. The highest BCUT2D eigenvalue weighted by Gasteiger charge is 2.25. The number of amides is 1. The number of primary amides is 1. The molecule has 2 N–H and O–H groups in total. The van der Waals surface area contributed by atoms with Crippen molar-refractivity contribution in [3.05, 3.63) is 4.91 Å². The molecule has 0 bridgehead atoms. The Morgan fingerprint density at radius 1 is 1.47 bits per heavy atom. The Balaban J connectivity index is 2.41. The zero-order chi connectivity index (χ0) is 12.8. The number of nitroso groups, excluding NO2 is 1. The van der Waals surface area contributed by atoms with E-state index in [9.17, 15) is 14.5 Å². The van der Waals surface area contributed by atoms with E-state index in [1.165, 1.54) is 6.92 Å². The number of carbonyl (C=O) groups is 2. The van der Waals surface area contributed by atoms with E-state index < -0.39 is 5.91 Å². The summed E-state index contributed by atoms with van der Waals surface area (Å²) in [6, 6.07) is 0. The van der Waals surface area contributed by atoms with Crippen LogP contribution in [0.5, 0.6) is 0 Å². The summed E-state index contributed by atoms with van der Waals surface area (Å²) < 4.78 is 5.05. The maximum absolute atomic E-state index is 10.8. The molecular weight excluding hydrogens is 228 g/mol. The molecule has 1 aliphatic heterocycles. The van der Waals surface area contributed by atoms with Gasteiger partial charge in [-0.05, 0) is 12.8 Å². The van der Waals surface area contributed by atoms with Crippen LogP contribution in [0.3, 0.4) is 0 Å². The van der Waals surface area contributed by atoms with Gasteiger partial charge in [0.1, 0.15) is 12.6 Å². The second kappa shape index (κ2) is 6.14. The molecule has 1 amide bonds. The van der Waals surface area contributed by atoms with Crippen molar-refractivity contribution in [3.8, 4) is 0 Å². The first-order valence-corrected chi connectivity index (χ1v) is 5.34. The number of hydrazine groups is 1. The molecule has 0 aromatic heterocycles. The van der Waals surface area contributed by atoms with Crippen molar-refractivity contribution in [2.24, 2.45) is 11.0 Å². The van der Waals surface area contributed by atoms with Crippen LogP contribution in [-0.2, 0) is 14.3 Å². The van der Waals surface area contributed by atoms with E-state index in [-0.39, 0.29) is 18.6 Å². The average Bonchev–Trinajstić information content (AvgIpc) is 2.26. The van der Waals surface area contributed by atoms with Gasteiger partial charge < -0.3 is 10.5 Å². The second-order valence-electron chi connectivity index (χ2n) is 3.84. The first-order valence-electron chi connectivity index (χ1n) is 5.34. The van der Waals surface area contributed by atoms with Gasteiger partial charge in [-0.3, -0.25) is 9.59 Å². The Morgan fingerprint density at radius 3 is 2.47 bits per heavy atom. The molecule has 1 heterocycles. The number of hydrogen-bond acceptors (Lipinski definition) is 6. The van der Waals surface area contributed by atoms with Gasteiger partial charge in [0.2, 0.25) is 5.91 Å². The smallest absolute Gasteiger partial charge is 0.302 e. The number of nitrogens with two attached hydrogens (primary N) is 1. The van der Waals surface area contributed by atoms with Crippen LogP contribution in [-0.4, -0.2) is 47.7 Å². The van der Waals surface area contributed by atoms with Gasteiger partial charge in [0.05, 0.1) is 5.29 Å². The van der Waals surface area contributed by atoms with Crippen LogP contribution in [0.2, 0.25) is 0 Å². The standard InChI is InChI=1S/C9H16N4O4/c1-7(14)17-8-2-4-12(5-3-8)13(11-16)6-9(10)15/h8H,2-6H2,1H3,(H2,10,15). The zero-order valence-corrected chi connectivity index (χ0v) is 9.66. The second-order valence-corrected chi connectivity index (χ2v) is 3.84. The summed E-state index contributed by atoms with van der Waals surface area (Å²) in [6.45, 7) is 2.12. The van der Waals surface area contributed by atoms with Crippen LogP contribution in [0.25, 0.3) is 0 Å². The van der Waals surface area contributed by atoms with Crippen molar-refractivity contribution in [3.63, 3.8) is 0 Å². The van der Waals surface area contributed by atoms with Gasteiger partial charge in [-0.25, -0.2) is 5.01 Å². The fraction of sp³-hybridized carbons (Fsp3) is 0.778. The van der Waals surface area contributed by atoms with Gasteiger partial charge in [-0.1, -0.05) is 0 Å². The number of ether oxygens (including phenoxy) is 1. The maximum atomic E-state index is 10.8. The largest absolute Gasteiger partial charge is 0.462 e. The lowest BCUT2D eigenvalue weighted by molar-refractivity contribution is -0.152. The predicted molar refractivity (Wildman–Crippen MR) is 58.1 cm³/mol. The lowest BCUT2D eigenvalue weighted by Gasteiger charge is -2.35. The first-order chi connectivity index (χ1) is 8.02. The van der Waals surface area contributed by atoms with Crippen LogP contribution in [0, 0.1) is 4.91 Å². The predicted octanol–water partition coefficient (Wildman–Crippen LogP) is -0.602. The molecule has 0 aromatic rings. The van der Waals surface area contributed by atoms with Gasteiger partial charge in [0, 0.05) is 20.0 Å². The molecule has 1 rings (SSSR count). The van der Waals surface area contributed by atoms with Crippen LogP contribution >= 0.6 is 0 Å². The lowest BCUT2D eigenvalue weighted by atomic mass is 10.1. The van der Waals surface area contributed by atoms with E-state index in [1.807, 2.05) is 0 Å². The van der Waals surface area contributed by atoms with Crippen molar-refractivity contribution in [2.45, 2.75) is 25.9 Å². The molecule has 8 heteroatoms. The molecule has 0 aliphatic carbocycles. The van der Waals surface area contributed by atoms with Crippen LogP contribution in [0.1, 0.15) is 19.8 Å². The van der Waals surface area contributed by atoms with E-state index in [1.54, 1.807) is 5.01 Å². The molecule has 1 fully saturated rings. The Kier molecular flexibility index (Phi) is 4.83. The molecule has 0 saturated carbocycles. The van der Waals surface area contributed by atoms with E-state index >= 15 is 0 Å². The topological polar surface area (TPSA) is 105 Å².